The molecule has 134 valence electrons. The summed E-state index contributed by atoms with van der Waals surface area (Å²) in [4.78, 5) is 23.7. The minimum Gasteiger partial charge on any atom is -0.326 e. The predicted octanol–water partition coefficient (Wildman–Crippen LogP) is 3.84. The van der Waals surface area contributed by atoms with Crippen LogP contribution in [-0.2, 0) is 9.59 Å². The van der Waals surface area contributed by atoms with E-state index in [0.29, 0.717) is 0 Å². The van der Waals surface area contributed by atoms with Crippen LogP contribution in [0.4, 0.5) is 5.69 Å². The maximum Gasteiger partial charge on any atom is 0.240 e. The number of anilines is 1. The standard InChI is InChI=1S/C21H23N3O2/c1-16-10-11-17(2)19(15-16)23-20(25)12-13-21(26)24-22-14-6-9-18-7-4-3-5-8-18/h3-11,14-15H,12-13H2,1-2H3,(H,23,25)(H,24,26). The summed E-state index contributed by atoms with van der Waals surface area (Å²) in [6.07, 6.45) is 5.31. The number of rotatable bonds is 7. The molecule has 0 saturated heterocycles. The van der Waals surface area contributed by atoms with Gasteiger partial charge in [0.25, 0.3) is 0 Å². The summed E-state index contributed by atoms with van der Waals surface area (Å²) in [5, 5.41) is 6.66. The van der Waals surface area contributed by atoms with E-state index in [-0.39, 0.29) is 24.7 Å². The van der Waals surface area contributed by atoms with Crippen molar-refractivity contribution in [2.24, 2.45) is 5.10 Å². The first-order chi connectivity index (χ1) is 12.5. The van der Waals surface area contributed by atoms with Crippen LogP contribution in [0.3, 0.4) is 0 Å². The van der Waals surface area contributed by atoms with Crippen LogP contribution >= 0.6 is 0 Å². The average molecular weight is 349 g/mol. The fourth-order valence-corrected chi connectivity index (χ4v) is 2.24. The van der Waals surface area contributed by atoms with Gasteiger partial charge in [0.05, 0.1) is 0 Å². The van der Waals surface area contributed by atoms with Gasteiger partial charge in [-0.2, -0.15) is 5.10 Å². The largest absolute Gasteiger partial charge is 0.326 e. The number of hydrogen-bond donors (Lipinski definition) is 2. The lowest BCUT2D eigenvalue weighted by molar-refractivity contribution is -0.124. The third kappa shape index (κ3) is 6.73. The molecular formula is C21H23N3O2. The Labute approximate surface area is 153 Å². The minimum absolute atomic E-state index is 0.0798. The van der Waals surface area contributed by atoms with Crippen molar-refractivity contribution < 1.29 is 9.59 Å². The smallest absolute Gasteiger partial charge is 0.240 e. The number of hydrazone groups is 1. The molecule has 0 atom stereocenters. The molecule has 26 heavy (non-hydrogen) atoms. The number of nitrogens with zero attached hydrogens (tertiary/aromatic N) is 1. The second kappa shape index (κ2) is 9.93. The zero-order valence-electron chi connectivity index (χ0n) is 15.0. The zero-order chi connectivity index (χ0) is 18.8. The summed E-state index contributed by atoms with van der Waals surface area (Å²) in [5.74, 6) is -0.493. The van der Waals surface area contributed by atoms with Crippen molar-refractivity contribution in [1.29, 1.82) is 0 Å². The Kier molecular flexibility index (Phi) is 7.31. The zero-order valence-corrected chi connectivity index (χ0v) is 15.0. The maximum atomic E-state index is 12.0. The van der Waals surface area contributed by atoms with Crippen LogP contribution < -0.4 is 10.7 Å². The number of nitrogens with one attached hydrogen (secondary N) is 2. The summed E-state index contributed by atoms with van der Waals surface area (Å²) in [7, 11) is 0. The molecule has 2 N–H and O–H groups in total. The van der Waals surface area contributed by atoms with Gasteiger partial charge < -0.3 is 5.32 Å². The molecule has 2 rings (SSSR count). The van der Waals surface area contributed by atoms with Crippen LogP contribution in [0, 0.1) is 13.8 Å². The van der Waals surface area contributed by atoms with Gasteiger partial charge in [0, 0.05) is 24.7 Å². The second-order valence-electron chi connectivity index (χ2n) is 5.95. The lowest BCUT2D eigenvalue weighted by Crippen LogP contribution is -2.20. The van der Waals surface area contributed by atoms with E-state index >= 15 is 0 Å². The van der Waals surface area contributed by atoms with Gasteiger partial charge in [-0.1, -0.05) is 48.5 Å². The third-order valence-electron chi connectivity index (χ3n) is 3.68. The Bertz CT molecular complexity index is 811. The Hall–Kier alpha value is -3.21. The Morgan fingerprint density at radius 3 is 2.50 bits per heavy atom. The van der Waals surface area contributed by atoms with E-state index in [1.54, 1.807) is 6.08 Å². The number of hydrogen-bond acceptors (Lipinski definition) is 3. The van der Waals surface area contributed by atoms with E-state index in [0.717, 1.165) is 22.4 Å². The average Bonchev–Trinajstić information content (AvgIpc) is 2.63. The fourth-order valence-electron chi connectivity index (χ4n) is 2.24. The van der Waals surface area contributed by atoms with Crippen LogP contribution in [0.1, 0.15) is 29.5 Å². The highest BCUT2D eigenvalue weighted by Gasteiger charge is 2.08. The molecule has 0 aromatic heterocycles. The fraction of sp³-hybridized carbons (Fsp3) is 0.190. The molecule has 0 heterocycles. The molecule has 2 amide bonds. The van der Waals surface area contributed by atoms with E-state index < -0.39 is 0 Å². The Morgan fingerprint density at radius 2 is 1.73 bits per heavy atom. The topological polar surface area (TPSA) is 70.6 Å². The molecule has 0 aliphatic rings. The number of amides is 2. The number of aryl methyl sites for hydroxylation is 2. The summed E-state index contributed by atoms with van der Waals surface area (Å²) in [6.45, 7) is 3.90. The molecule has 0 unspecified atom stereocenters. The highest BCUT2D eigenvalue weighted by Crippen LogP contribution is 2.16. The highest BCUT2D eigenvalue weighted by atomic mass is 16.2. The Balaban J connectivity index is 1.71. The van der Waals surface area contributed by atoms with E-state index in [1.165, 1.54) is 6.21 Å². The lowest BCUT2D eigenvalue weighted by atomic mass is 10.1. The molecule has 0 saturated carbocycles. The third-order valence-corrected chi connectivity index (χ3v) is 3.68. The number of benzene rings is 2. The summed E-state index contributed by atoms with van der Waals surface area (Å²) in [5.41, 5.74) is 6.29. The summed E-state index contributed by atoms with van der Waals surface area (Å²) >= 11 is 0. The van der Waals surface area contributed by atoms with Crippen molar-refractivity contribution in [3.63, 3.8) is 0 Å². The van der Waals surface area contributed by atoms with Gasteiger partial charge >= 0.3 is 0 Å². The van der Waals surface area contributed by atoms with Crippen LogP contribution in [0.2, 0.25) is 0 Å². The van der Waals surface area contributed by atoms with Gasteiger partial charge in [0.15, 0.2) is 0 Å². The first-order valence-corrected chi connectivity index (χ1v) is 8.45. The van der Waals surface area contributed by atoms with Crippen molar-refractivity contribution in [3.05, 3.63) is 71.3 Å². The van der Waals surface area contributed by atoms with Crippen LogP contribution in [0.15, 0.2) is 59.7 Å². The van der Waals surface area contributed by atoms with E-state index in [1.807, 2.05) is 68.5 Å². The molecule has 2 aromatic carbocycles. The van der Waals surface area contributed by atoms with Crippen LogP contribution in [0.25, 0.3) is 6.08 Å². The second-order valence-corrected chi connectivity index (χ2v) is 5.95. The first kappa shape index (κ1) is 19.1. The first-order valence-electron chi connectivity index (χ1n) is 8.45. The van der Waals surface area contributed by atoms with Crippen molar-refractivity contribution in [1.82, 2.24) is 5.43 Å². The molecule has 0 fully saturated rings. The summed E-state index contributed by atoms with van der Waals surface area (Å²) < 4.78 is 0. The van der Waals surface area contributed by atoms with Gasteiger partial charge in [-0.3, -0.25) is 9.59 Å². The van der Waals surface area contributed by atoms with Crippen LogP contribution in [-0.4, -0.2) is 18.0 Å². The number of carbonyl (C=O) groups is 2. The molecule has 0 spiro atoms. The van der Waals surface area contributed by atoms with E-state index in [2.05, 4.69) is 15.8 Å². The minimum atomic E-state index is -0.300. The molecule has 0 radical (unpaired) electrons. The van der Waals surface area contributed by atoms with Crippen molar-refractivity contribution in [2.75, 3.05) is 5.32 Å². The molecule has 0 aliphatic carbocycles. The van der Waals surface area contributed by atoms with Gasteiger partial charge in [0.1, 0.15) is 0 Å². The molecule has 5 heteroatoms. The van der Waals surface area contributed by atoms with Gasteiger partial charge in [0.2, 0.25) is 11.8 Å². The number of allylic oxidation sites excluding steroid dienone is 1. The van der Waals surface area contributed by atoms with E-state index in [4.69, 9.17) is 0 Å². The maximum absolute atomic E-state index is 12.0. The van der Waals surface area contributed by atoms with Gasteiger partial charge in [-0.15, -0.1) is 0 Å². The Morgan fingerprint density at radius 1 is 1.00 bits per heavy atom. The predicted molar refractivity (Wildman–Crippen MR) is 106 cm³/mol. The molecule has 0 bridgehead atoms. The lowest BCUT2D eigenvalue weighted by Gasteiger charge is -2.09. The quantitative estimate of drug-likeness (QED) is 0.589. The van der Waals surface area contributed by atoms with Crippen LogP contribution in [0.5, 0.6) is 0 Å². The molecule has 0 aliphatic heterocycles. The molecule has 5 nitrogen and oxygen atoms in total. The van der Waals surface area contributed by atoms with Gasteiger partial charge in [-0.05, 0) is 42.7 Å². The molecule has 2 aromatic rings. The highest BCUT2D eigenvalue weighted by molar-refractivity contribution is 5.94. The number of carbonyl (C=O) groups excluding carboxylic acids is 2. The molecular weight excluding hydrogens is 326 g/mol. The van der Waals surface area contributed by atoms with E-state index in [9.17, 15) is 9.59 Å². The van der Waals surface area contributed by atoms with Crippen molar-refractivity contribution in [2.45, 2.75) is 26.7 Å². The van der Waals surface area contributed by atoms with Gasteiger partial charge in [-0.25, -0.2) is 5.43 Å². The summed E-state index contributed by atoms with van der Waals surface area (Å²) in [6, 6.07) is 15.6. The van der Waals surface area contributed by atoms with Crippen molar-refractivity contribution >= 4 is 29.8 Å². The van der Waals surface area contributed by atoms with Crippen molar-refractivity contribution in [3.8, 4) is 0 Å². The SMILES string of the molecule is Cc1ccc(C)c(NC(=O)CCC(=O)NN=CC=Cc2ccccc2)c1. The monoisotopic (exact) mass is 349 g/mol. The normalized spacial score (nSPS) is 11.0.